The average molecular weight is 561 g/mol. The molecule has 3 nitrogen and oxygen atoms in total. The molecule has 5 heteroatoms. The number of hydrogen-bond acceptors (Lipinski definition) is 5. The van der Waals surface area contributed by atoms with Crippen LogP contribution in [-0.2, 0) is 21.7 Å². The Kier molecular flexibility index (Phi) is 9.78. The zero-order chi connectivity index (χ0) is 29.5. The van der Waals surface area contributed by atoms with Crippen LogP contribution in [-0.4, -0.2) is 27.5 Å². The summed E-state index contributed by atoms with van der Waals surface area (Å²) in [4.78, 5) is 2.38. The molecule has 214 valence electrons. The summed E-state index contributed by atoms with van der Waals surface area (Å²) in [6, 6.07) is 8.88. The summed E-state index contributed by atoms with van der Waals surface area (Å²) in [5.74, 6) is 1.32. The molecular formula is C33H52O3S2. The number of hydrogen-bond donors (Lipinski definition) is 2. The van der Waals surface area contributed by atoms with E-state index in [9.17, 15) is 10.2 Å². The van der Waals surface area contributed by atoms with E-state index in [4.69, 9.17) is 4.74 Å². The fraction of sp³-hybridized carbons (Fsp3) is 0.636. The Morgan fingerprint density at radius 2 is 0.895 bits per heavy atom. The van der Waals surface area contributed by atoms with Gasteiger partial charge in [-0.3, -0.25) is 0 Å². The molecule has 0 amide bonds. The van der Waals surface area contributed by atoms with E-state index in [1.165, 1.54) is 9.79 Å². The Morgan fingerprint density at radius 3 is 1.18 bits per heavy atom. The van der Waals surface area contributed by atoms with Gasteiger partial charge in [0.2, 0.25) is 0 Å². The van der Waals surface area contributed by atoms with Gasteiger partial charge in [0, 0.05) is 32.0 Å². The fourth-order valence-electron chi connectivity index (χ4n) is 4.48. The summed E-state index contributed by atoms with van der Waals surface area (Å²) < 4.78 is 6.00. The van der Waals surface area contributed by atoms with Crippen LogP contribution in [0.5, 0.6) is 11.5 Å². The molecule has 2 aromatic rings. The highest BCUT2D eigenvalue weighted by Crippen LogP contribution is 2.51. The zero-order valence-electron chi connectivity index (χ0n) is 26.3. The molecule has 2 N–H and O–H groups in total. The quantitative estimate of drug-likeness (QED) is 0.261. The van der Waals surface area contributed by atoms with Crippen molar-refractivity contribution in [3.05, 3.63) is 46.5 Å². The van der Waals surface area contributed by atoms with Crippen LogP contribution in [0.25, 0.3) is 0 Å². The second-order valence-electron chi connectivity index (χ2n) is 14.9. The van der Waals surface area contributed by atoms with Gasteiger partial charge in [0.05, 0.1) is 10.7 Å². The van der Waals surface area contributed by atoms with Crippen molar-refractivity contribution in [2.75, 3.05) is 13.2 Å². The van der Waals surface area contributed by atoms with Crippen molar-refractivity contribution in [3.63, 3.8) is 0 Å². The average Bonchev–Trinajstić information content (AvgIpc) is 2.69. The first-order chi connectivity index (χ1) is 17.0. The number of ether oxygens (including phenoxy) is 1. The molecule has 0 saturated carbocycles. The Hall–Kier alpha value is -1.30. The first-order valence-corrected chi connectivity index (χ1v) is 15.3. The summed E-state index contributed by atoms with van der Waals surface area (Å²) in [5.41, 5.74) is 3.76. The molecule has 0 atom stereocenters. The molecule has 0 radical (unpaired) electrons. The summed E-state index contributed by atoms with van der Waals surface area (Å²) in [6.45, 7) is 31.1. The Labute approximate surface area is 241 Å². The Morgan fingerprint density at radius 1 is 0.579 bits per heavy atom. The second kappa shape index (κ2) is 11.3. The van der Waals surface area contributed by atoms with Crippen LogP contribution >= 0.6 is 23.5 Å². The van der Waals surface area contributed by atoms with E-state index in [1.807, 2.05) is 23.5 Å². The van der Waals surface area contributed by atoms with Crippen molar-refractivity contribution >= 4 is 23.5 Å². The van der Waals surface area contributed by atoms with Gasteiger partial charge in [-0.25, -0.2) is 0 Å². The van der Waals surface area contributed by atoms with Crippen molar-refractivity contribution in [2.45, 2.75) is 132 Å². The molecule has 2 rings (SSSR count). The minimum atomic E-state index is -0.168. The molecule has 38 heavy (non-hydrogen) atoms. The van der Waals surface area contributed by atoms with Crippen molar-refractivity contribution < 1.29 is 14.9 Å². The zero-order valence-corrected chi connectivity index (χ0v) is 28.0. The van der Waals surface area contributed by atoms with E-state index in [1.54, 1.807) is 0 Å². The van der Waals surface area contributed by atoms with E-state index in [0.29, 0.717) is 5.75 Å². The lowest BCUT2D eigenvalue weighted by atomic mass is 9.79. The maximum absolute atomic E-state index is 11.2. The minimum absolute atomic E-state index is 0.00687. The molecule has 0 bridgehead atoms. The van der Waals surface area contributed by atoms with Crippen LogP contribution in [0.2, 0.25) is 0 Å². The first-order valence-electron chi connectivity index (χ1n) is 13.7. The predicted octanol–water partition coefficient (Wildman–Crippen LogP) is 9.57. The van der Waals surface area contributed by atoms with Gasteiger partial charge in [-0.1, -0.05) is 83.1 Å². The molecule has 0 saturated heterocycles. The number of phenolic OH excluding ortho intramolecular Hbond substituents is 1. The van der Waals surface area contributed by atoms with E-state index in [-0.39, 0.29) is 39.0 Å². The lowest BCUT2D eigenvalue weighted by Crippen LogP contribution is -2.21. The third-order valence-electron chi connectivity index (χ3n) is 6.44. The van der Waals surface area contributed by atoms with Crippen LogP contribution in [0.1, 0.15) is 119 Å². The van der Waals surface area contributed by atoms with Crippen LogP contribution in [0.15, 0.2) is 34.1 Å². The maximum atomic E-state index is 11.2. The van der Waals surface area contributed by atoms with Crippen molar-refractivity contribution in [2.24, 2.45) is 0 Å². The number of aliphatic hydroxyl groups is 1. The van der Waals surface area contributed by atoms with Crippen LogP contribution in [0.3, 0.4) is 0 Å². The lowest BCUT2D eigenvalue weighted by Gasteiger charge is -2.32. The van der Waals surface area contributed by atoms with E-state index >= 15 is 0 Å². The van der Waals surface area contributed by atoms with Gasteiger partial charge >= 0.3 is 0 Å². The second-order valence-corrected chi connectivity index (χ2v) is 18.5. The number of phenols is 1. The summed E-state index contributed by atoms with van der Waals surface area (Å²) in [5, 5.41) is 20.6. The first kappa shape index (κ1) is 32.9. The molecular weight excluding hydrogens is 508 g/mol. The van der Waals surface area contributed by atoms with E-state index in [0.717, 1.165) is 28.0 Å². The smallest absolute Gasteiger partial charge is 0.126 e. The number of rotatable bonds is 7. The summed E-state index contributed by atoms with van der Waals surface area (Å²) in [6.07, 6.45) is 0. The maximum Gasteiger partial charge on any atom is 0.126 e. The SMILES string of the molecule is CC(C)(Sc1cc(C(C)(C)C)c(O)c(C(C)(C)C)c1)Sc1cc(C(C)(C)C)c(OCCO)c(C(C)(C)C)c1. The van der Waals surface area contributed by atoms with Gasteiger partial charge in [-0.05, 0) is 59.8 Å². The van der Waals surface area contributed by atoms with Gasteiger partial charge in [0.25, 0.3) is 0 Å². The molecule has 0 aliphatic carbocycles. The topological polar surface area (TPSA) is 49.7 Å². The molecule has 0 spiro atoms. The van der Waals surface area contributed by atoms with Crippen molar-refractivity contribution in [1.29, 1.82) is 0 Å². The number of aliphatic hydroxyl groups excluding tert-OH is 1. The van der Waals surface area contributed by atoms with Crippen LogP contribution < -0.4 is 4.74 Å². The van der Waals surface area contributed by atoms with Crippen LogP contribution in [0, 0.1) is 0 Å². The van der Waals surface area contributed by atoms with Gasteiger partial charge < -0.3 is 14.9 Å². The van der Waals surface area contributed by atoms with Gasteiger partial charge in [-0.15, -0.1) is 23.5 Å². The Bertz CT molecular complexity index is 1050. The monoisotopic (exact) mass is 560 g/mol. The number of thioether (sulfide) groups is 2. The van der Waals surface area contributed by atoms with Gasteiger partial charge in [0.1, 0.15) is 18.1 Å². The highest BCUT2D eigenvalue weighted by Gasteiger charge is 2.32. The normalized spacial score (nSPS) is 13.7. The molecule has 0 unspecified atom stereocenters. The minimum Gasteiger partial charge on any atom is -0.507 e. The highest BCUT2D eigenvalue weighted by molar-refractivity contribution is 8.18. The third-order valence-corrected chi connectivity index (χ3v) is 8.87. The number of benzene rings is 2. The van der Waals surface area contributed by atoms with Crippen LogP contribution in [0.4, 0.5) is 0 Å². The molecule has 2 aromatic carbocycles. The van der Waals surface area contributed by atoms with Gasteiger partial charge in [-0.2, -0.15) is 0 Å². The number of aromatic hydroxyl groups is 1. The molecule has 0 fully saturated rings. The lowest BCUT2D eigenvalue weighted by molar-refractivity contribution is 0.196. The molecule has 0 aliphatic heterocycles. The molecule has 0 heterocycles. The van der Waals surface area contributed by atoms with Crippen molar-refractivity contribution in [1.82, 2.24) is 0 Å². The van der Waals surface area contributed by atoms with E-state index < -0.39 is 0 Å². The Balaban J connectivity index is 2.61. The van der Waals surface area contributed by atoms with Crippen molar-refractivity contribution in [3.8, 4) is 11.5 Å². The highest BCUT2D eigenvalue weighted by atomic mass is 32.2. The van der Waals surface area contributed by atoms with Gasteiger partial charge in [0.15, 0.2) is 0 Å². The van der Waals surface area contributed by atoms with E-state index in [2.05, 4.69) is 121 Å². The summed E-state index contributed by atoms with van der Waals surface area (Å²) in [7, 11) is 0. The third kappa shape index (κ3) is 8.35. The predicted molar refractivity (Wildman–Crippen MR) is 168 cm³/mol. The largest absolute Gasteiger partial charge is 0.507 e. The standard InChI is InChI=1S/C33H52O3S2/c1-29(2,3)23-17-21(18-24(27(23)35)30(4,5)6)37-33(13,14)38-22-19-25(31(7,8)9)28(36-16-15-34)26(20-22)32(10,11)12/h17-20,34-35H,15-16H2,1-14H3. The summed E-state index contributed by atoms with van der Waals surface area (Å²) >= 11 is 3.70. The molecule has 0 aromatic heterocycles. The molecule has 0 aliphatic rings. The fourth-order valence-corrected chi connectivity index (χ4v) is 7.06.